The fourth-order valence-electron chi connectivity index (χ4n) is 2.93. The van der Waals surface area contributed by atoms with Gasteiger partial charge in [-0.25, -0.2) is 4.98 Å². The monoisotopic (exact) mass is 328 g/mol. The molecule has 1 aliphatic rings. The third-order valence-electron chi connectivity index (χ3n) is 4.05. The summed E-state index contributed by atoms with van der Waals surface area (Å²) in [4.78, 5) is 19.2. The van der Waals surface area contributed by atoms with Crippen molar-refractivity contribution in [1.29, 1.82) is 0 Å². The maximum atomic E-state index is 11.2. The van der Waals surface area contributed by atoms with Crippen LogP contribution in [0.3, 0.4) is 0 Å². The number of piperazine rings is 1. The van der Waals surface area contributed by atoms with Gasteiger partial charge in [0.1, 0.15) is 5.75 Å². The number of pyridine rings is 1. The lowest BCUT2D eigenvalue weighted by Gasteiger charge is -2.37. The number of para-hydroxylation sites is 2. The van der Waals surface area contributed by atoms with Gasteiger partial charge in [0.2, 0.25) is 5.82 Å². The number of benzene rings is 1. The van der Waals surface area contributed by atoms with E-state index in [0.29, 0.717) is 25.5 Å². The molecule has 0 radical (unpaired) electrons. The van der Waals surface area contributed by atoms with Gasteiger partial charge in [-0.2, -0.15) is 0 Å². The largest absolute Gasteiger partial charge is 0.492 e. The van der Waals surface area contributed by atoms with E-state index in [0.717, 1.165) is 24.5 Å². The summed E-state index contributed by atoms with van der Waals surface area (Å²) >= 11 is 0. The van der Waals surface area contributed by atoms with Crippen molar-refractivity contribution in [2.75, 3.05) is 42.6 Å². The fraction of sp³-hybridized carbons (Fsp3) is 0.353. The van der Waals surface area contributed by atoms with E-state index in [9.17, 15) is 10.1 Å². The smallest absolute Gasteiger partial charge is 0.311 e. The Kier molecular flexibility index (Phi) is 4.79. The first kappa shape index (κ1) is 16.0. The average Bonchev–Trinajstić information content (AvgIpc) is 2.63. The zero-order valence-electron chi connectivity index (χ0n) is 13.6. The molecular weight excluding hydrogens is 308 g/mol. The number of anilines is 2. The van der Waals surface area contributed by atoms with Crippen LogP contribution in [0.1, 0.15) is 6.92 Å². The average molecular weight is 328 g/mol. The summed E-state index contributed by atoms with van der Waals surface area (Å²) in [7, 11) is 0. The molecule has 0 atom stereocenters. The molecule has 7 heteroatoms. The molecule has 0 saturated carbocycles. The first-order chi connectivity index (χ1) is 11.7. The number of nitrogens with zero attached hydrogens (tertiary/aromatic N) is 4. The Labute approximate surface area is 140 Å². The molecular formula is C17H20N4O3. The molecule has 2 heterocycles. The van der Waals surface area contributed by atoms with Crippen LogP contribution in [-0.4, -0.2) is 42.7 Å². The van der Waals surface area contributed by atoms with Gasteiger partial charge in [-0.3, -0.25) is 10.1 Å². The van der Waals surface area contributed by atoms with Gasteiger partial charge in [0.15, 0.2) is 0 Å². The lowest BCUT2D eigenvalue weighted by Crippen LogP contribution is -2.47. The Hall–Kier alpha value is -2.83. The molecule has 0 spiro atoms. The van der Waals surface area contributed by atoms with Crippen molar-refractivity contribution < 1.29 is 9.66 Å². The minimum Gasteiger partial charge on any atom is -0.492 e. The molecule has 0 bridgehead atoms. The van der Waals surface area contributed by atoms with Crippen LogP contribution in [0, 0.1) is 10.1 Å². The number of ether oxygens (including phenoxy) is 1. The normalized spacial score (nSPS) is 14.5. The van der Waals surface area contributed by atoms with Crippen molar-refractivity contribution in [1.82, 2.24) is 4.98 Å². The summed E-state index contributed by atoms with van der Waals surface area (Å²) < 4.78 is 5.70. The van der Waals surface area contributed by atoms with Crippen molar-refractivity contribution >= 4 is 17.2 Å². The quantitative estimate of drug-likeness (QED) is 0.621. The zero-order valence-corrected chi connectivity index (χ0v) is 13.6. The molecule has 1 aromatic carbocycles. The minimum atomic E-state index is -0.376. The summed E-state index contributed by atoms with van der Waals surface area (Å²) in [6, 6.07) is 11.1. The van der Waals surface area contributed by atoms with E-state index < -0.39 is 0 Å². The van der Waals surface area contributed by atoms with Gasteiger partial charge in [-0.1, -0.05) is 12.1 Å². The predicted molar refractivity (Wildman–Crippen MR) is 92.9 cm³/mol. The van der Waals surface area contributed by atoms with Crippen LogP contribution in [0.2, 0.25) is 0 Å². The predicted octanol–water partition coefficient (Wildman–Crippen LogP) is 2.72. The molecule has 7 nitrogen and oxygen atoms in total. The van der Waals surface area contributed by atoms with Crippen LogP contribution in [0.15, 0.2) is 42.6 Å². The Morgan fingerprint density at radius 2 is 1.83 bits per heavy atom. The summed E-state index contributed by atoms with van der Waals surface area (Å²) in [5.74, 6) is 1.32. The lowest BCUT2D eigenvalue weighted by molar-refractivity contribution is -0.384. The maximum absolute atomic E-state index is 11.2. The van der Waals surface area contributed by atoms with Gasteiger partial charge in [0, 0.05) is 38.4 Å². The van der Waals surface area contributed by atoms with Gasteiger partial charge in [-0.15, -0.1) is 0 Å². The Bertz CT molecular complexity index is 714. The molecule has 0 amide bonds. The van der Waals surface area contributed by atoms with Gasteiger partial charge in [0.25, 0.3) is 0 Å². The highest BCUT2D eigenvalue weighted by Gasteiger charge is 2.25. The molecule has 2 aromatic rings. The Morgan fingerprint density at radius 1 is 1.12 bits per heavy atom. The number of hydrogen-bond acceptors (Lipinski definition) is 6. The van der Waals surface area contributed by atoms with Crippen LogP contribution in [0.4, 0.5) is 17.2 Å². The second-order valence-corrected chi connectivity index (χ2v) is 5.48. The van der Waals surface area contributed by atoms with E-state index >= 15 is 0 Å². The first-order valence-electron chi connectivity index (χ1n) is 8.02. The molecule has 0 N–H and O–H groups in total. The molecule has 1 aliphatic heterocycles. The molecule has 1 fully saturated rings. The molecule has 0 unspecified atom stereocenters. The van der Waals surface area contributed by atoms with Crippen molar-refractivity contribution in [3.05, 3.63) is 52.7 Å². The van der Waals surface area contributed by atoms with E-state index in [-0.39, 0.29) is 10.6 Å². The SMILES string of the molecule is CCOc1ccccc1N1CCN(c2ncccc2[N+](=O)[O-])CC1. The van der Waals surface area contributed by atoms with E-state index in [4.69, 9.17) is 4.74 Å². The third kappa shape index (κ3) is 3.24. The highest BCUT2D eigenvalue weighted by Crippen LogP contribution is 2.31. The highest BCUT2D eigenvalue weighted by molar-refractivity contribution is 5.61. The van der Waals surface area contributed by atoms with Crippen molar-refractivity contribution in [2.45, 2.75) is 6.92 Å². The molecule has 126 valence electrons. The third-order valence-corrected chi connectivity index (χ3v) is 4.05. The molecule has 3 rings (SSSR count). The van der Waals surface area contributed by atoms with Gasteiger partial charge < -0.3 is 14.5 Å². The minimum absolute atomic E-state index is 0.0562. The molecule has 1 saturated heterocycles. The summed E-state index contributed by atoms with van der Waals surface area (Å²) in [6.45, 7) is 5.47. The van der Waals surface area contributed by atoms with E-state index in [1.807, 2.05) is 36.1 Å². The van der Waals surface area contributed by atoms with E-state index in [1.54, 1.807) is 12.3 Å². The maximum Gasteiger partial charge on any atom is 0.311 e. The van der Waals surface area contributed by atoms with Crippen molar-refractivity contribution in [2.24, 2.45) is 0 Å². The molecule has 0 aliphatic carbocycles. The van der Waals surface area contributed by atoms with E-state index in [1.165, 1.54) is 6.07 Å². The van der Waals surface area contributed by atoms with Gasteiger partial charge in [-0.05, 0) is 25.1 Å². The number of rotatable bonds is 5. The fourth-order valence-corrected chi connectivity index (χ4v) is 2.93. The summed E-state index contributed by atoms with van der Waals surface area (Å²) in [5.41, 5.74) is 1.12. The van der Waals surface area contributed by atoms with Gasteiger partial charge in [0.05, 0.1) is 17.2 Å². The zero-order chi connectivity index (χ0) is 16.9. The Morgan fingerprint density at radius 3 is 2.54 bits per heavy atom. The summed E-state index contributed by atoms with van der Waals surface area (Å²) in [5, 5.41) is 11.2. The molecule has 24 heavy (non-hydrogen) atoms. The van der Waals surface area contributed by atoms with Crippen molar-refractivity contribution in [3.63, 3.8) is 0 Å². The van der Waals surface area contributed by atoms with Gasteiger partial charge >= 0.3 is 5.69 Å². The van der Waals surface area contributed by atoms with Crippen molar-refractivity contribution in [3.8, 4) is 5.75 Å². The van der Waals surface area contributed by atoms with E-state index in [2.05, 4.69) is 9.88 Å². The number of aromatic nitrogens is 1. The topological polar surface area (TPSA) is 71.7 Å². The highest BCUT2D eigenvalue weighted by atomic mass is 16.6. The van der Waals surface area contributed by atoms with Crippen LogP contribution < -0.4 is 14.5 Å². The molecule has 1 aromatic heterocycles. The lowest BCUT2D eigenvalue weighted by atomic mass is 10.2. The van der Waals surface area contributed by atoms with Crippen LogP contribution in [-0.2, 0) is 0 Å². The number of hydrogen-bond donors (Lipinski definition) is 0. The second kappa shape index (κ2) is 7.16. The standard InChI is InChI=1S/C17H20N4O3/c1-2-24-16-8-4-3-6-14(16)19-10-12-20(13-11-19)17-15(21(22)23)7-5-9-18-17/h3-9H,2,10-13H2,1H3. The number of nitro groups is 1. The Balaban J connectivity index is 1.74. The van der Waals surface area contributed by atoms with Crippen LogP contribution >= 0.6 is 0 Å². The summed E-state index contributed by atoms with van der Waals surface area (Å²) in [6.07, 6.45) is 1.60. The van der Waals surface area contributed by atoms with Crippen LogP contribution in [0.5, 0.6) is 5.75 Å². The first-order valence-corrected chi connectivity index (χ1v) is 8.02. The second-order valence-electron chi connectivity index (χ2n) is 5.48. The van der Waals surface area contributed by atoms with Crippen LogP contribution in [0.25, 0.3) is 0 Å².